The number of para-hydroxylation sites is 2. The van der Waals surface area contributed by atoms with Crippen LogP contribution in [-0.4, -0.2) is 0 Å². The molecule has 260 valence electrons. The topological polar surface area (TPSA) is 26.3 Å². The average Bonchev–Trinajstić information content (AvgIpc) is 4.02. The molecule has 2 nitrogen and oxygen atoms in total. The molecule has 0 saturated carbocycles. The summed E-state index contributed by atoms with van der Waals surface area (Å²) in [5, 5.41) is 13.1. The molecule has 4 heterocycles. The van der Waals surface area contributed by atoms with Crippen LogP contribution in [0.2, 0.25) is 0 Å². The summed E-state index contributed by atoms with van der Waals surface area (Å²) in [6.45, 7) is 0. The molecule has 56 heavy (non-hydrogen) atoms. The van der Waals surface area contributed by atoms with Crippen LogP contribution in [0.3, 0.4) is 0 Å². The summed E-state index contributed by atoms with van der Waals surface area (Å²) < 4.78 is 17.3. The molecule has 0 aliphatic carbocycles. The fraction of sp³-hybridized carbons (Fsp3) is 0. The summed E-state index contributed by atoms with van der Waals surface area (Å²) in [5.74, 6) is 0. The zero-order valence-electron chi connectivity index (χ0n) is 29.8. The second-order valence-electron chi connectivity index (χ2n) is 14.7. The van der Waals surface area contributed by atoms with Crippen molar-refractivity contribution in [2.45, 2.75) is 0 Å². The van der Waals surface area contributed by atoms with Gasteiger partial charge in [0.05, 0.1) is 5.39 Å². The Kier molecular flexibility index (Phi) is 6.23. The van der Waals surface area contributed by atoms with Gasteiger partial charge in [0.1, 0.15) is 22.3 Å². The molecule has 0 aliphatic rings. The van der Waals surface area contributed by atoms with Crippen LogP contribution in [0.1, 0.15) is 0 Å². The molecule has 13 aromatic rings. The van der Waals surface area contributed by atoms with Crippen molar-refractivity contribution >= 4 is 118 Å². The van der Waals surface area contributed by atoms with E-state index >= 15 is 0 Å². The van der Waals surface area contributed by atoms with E-state index in [4.69, 9.17) is 8.83 Å². The second kappa shape index (κ2) is 11.4. The lowest BCUT2D eigenvalue weighted by atomic mass is 9.86. The third-order valence-corrected chi connectivity index (χ3v) is 14.0. The Balaban J connectivity index is 1.14. The van der Waals surface area contributed by atoms with E-state index in [-0.39, 0.29) is 0 Å². The molecule has 4 aromatic heterocycles. The maximum absolute atomic E-state index is 7.05. The van der Waals surface area contributed by atoms with Crippen molar-refractivity contribution in [3.05, 3.63) is 170 Å². The number of fused-ring (bicyclic) bond motifs is 13. The SMILES string of the molecule is c1ccc(-c2c(-c3c4ccccc4c(-c4cccc5c4oc4c5ccc5oc6ccccc6c54)c4ccccc34)sc3cc4c(cc23)sc2ccccc24)cc1. The smallest absolute Gasteiger partial charge is 0.147 e. The van der Waals surface area contributed by atoms with Crippen LogP contribution < -0.4 is 0 Å². The lowest BCUT2D eigenvalue weighted by Crippen LogP contribution is -1.91. The van der Waals surface area contributed by atoms with E-state index in [1.165, 1.54) is 78.9 Å². The minimum atomic E-state index is 0.838. The Bertz CT molecular complexity index is 3710. The monoisotopic (exact) mass is 748 g/mol. The van der Waals surface area contributed by atoms with E-state index in [2.05, 4.69) is 158 Å². The first-order valence-corrected chi connectivity index (χ1v) is 20.5. The highest BCUT2D eigenvalue weighted by atomic mass is 32.1. The molecule has 0 spiro atoms. The van der Waals surface area contributed by atoms with E-state index in [9.17, 15) is 0 Å². The Labute approximate surface area is 328 Å². The summed E-state index contributed by atoms with van der Waals surface area (Å²) in [7, 11) is 0. The van der Waals surface area contributed by atoms with Gasteiger partial charge < -0.3 is 8.83 Å². The Morgan fingerprint density at radius 1 is 0.321 bits per heavy atom. The molecule has 0 bridgehead atoms. The molecular formula is C52H28O2S2. The standard InChI is InChI=1S/C52H28O2S2/c1-2-13-29(14-3-1)46-40-28-44-39(30-15-9-11-24-43(30)55-44)27-45(40)56-52(46)48-33-18-6-4-16-31(33)47(32-17-5-7-19-34(32)48)38-22-12-21-35-36-25-26-42-49(51(36)54-50(35)38)37-20-8-10-23-41(37)53-42/h1-28H. The van der Waals surface area contributed by atoms with E-state index in [1.54, 1.807) is 0 Å². The molecule has 13 rings (SSSR count). The van der Waals surface area contributed by atoms with Gasteiger partial charge >= 0.3 is 0 Å². The predicted octanol–water partition coefficient (Wildman–Crippen LogP) is 16.4. The highest BCUT2D eigenvalue weighted by Gasteiger charge is 2.25. The van der Waals surface area contributed by atoms with Crippen molar-refractivity contribution < 1.29 is 8.83 Å². The van der Waals surface area contributed by atoms with Gasteiger partial charge in [-0.3, -0.25) is 0 Å². The van der Waals surface area contributed by atoms with Gasteiger partial charge in [-0.1, -0.05) is 133 Å². The van der Waals surface area contributed by atoms with E-state index in [0.717, 1.165) is 49.4 Å². The number of furan rings is 2. The lowest BCUT2D eigenvalue weighted by Gasteiger charge is -2.18. The van der Waals surface area contributed by atoms with Crippen molar-refractivity contribution in [1.29, 1.82) is 0 Å². The van der Waals surface area contributed by atoms with Gasteiger partial charge in [-0.2, -0.15) is 0 Å². The van der Waals surface area contributed by atoms with Crippen LogP contribution in [0.15, 0.2) is 179 Å². The largest absolute Gasteiger partial charge is 0.456 e. The molecule has 0 N–H and O–H groups in total. The maximum Gasteiger partial charge on any atom is 0.147 e. The van der Waals surface area contributed by atoms with E-state index in [1.807, 2.05) is 34.8 Å². The molecule has 0 radical (unpaired) electrons. The third kappa shape index (κ3) is 4.15. The molecule has 0 amide bonds. The summed E-state index contributed by atoms with van der Waals surface area (Å²) in [6, 6.07) is 61.6. The zero-order chi connectivity index (χ0) is 36.5. The van der Waals surface area contributed by atoms with Gasteiger partial charge in [-0.05, 0) is 63.5 Å². The van der Waals surface area contributed by atoms with Crippen LogP contribution in [0, 0.1) is 0 Å². The molecule has 4 heteroatoms. The molecule has 0 aliphatic heterocycles. The minimum absolute atomic E-state index is 0.838. The van der Waals surface area contributed by atoms with Crippen molar-refractivity contribution in [1.82, 2.24) is 0 Å². The van der Waals surface area contributed by atoms with Gasteiger partial charge in [0.15, 0.2) is 0 Å². The number of benzene rings is 9. The van der Waals surface area contributed by atoms with Gasteiger partial charge in [0.2, 0.25) is 0 Å². The Morgan fingerprint density at radius 3 is 1.71 bits per heavy atom. The van der Waals surface area contributed by atoms with Crippen LogP contribution >= 0.6 is 22.7 Å². The number of hydrogen-bond acceptors (Lipinski definition) is 4. The first-order chi connectivity index (χ1) is 27.8. The molecular weight excluding hydrogens is 721 g/mol. The summed E-state index contributed by atoms with van der Waals surface area (Å²) in [5.41, 5.74) is 9.54. The van der Waals surface area contributed by atoms with E-state index < -0.39 is 0 Å². The van der Waals surface area contributed by atoms with Gasteiger partial charge in [0, 0.05) is 73.5 Å². The first kappa shape index (κ1) is 30.6. The van der Waals surface area contributed by atoms with Gasteiger partial charge in [-0.15, -0.1) is 22.7 Å². The maximum atomic E-state index is 7.05. The van der Waals surface area contributed by atoms with Crippen molar-refractivity contribution in [2.75, 3.05) is 0 Å². The average molecular weight is 749 g/mol. The second-order valence-corrected chi connectivity index (χ2v) is 16.8. The molecule has 0 saturated heterocycles. The summed E-state index contributed by atoms with van der Waals surface area (Å²) in [6.07, 6.45) is 0. The number of rotatable bonds is 3. The Hall–Kier alpha value is -6.72. The van der Waals surface area contributed by atoms with Gasteiger partial charge in [0.25, 0.3) is 0 Å². The molecule has 0 atom stereocenters. The van der Waals surface area contributed by atoms with E-state index in [0.29, 0.717) is 0 Å². The van der Waals surface area contributed by atoms with Crippen molar-refractivity contribution in [2.24, 2.45) is 0 Å². The number of hydrogen-bond donors (Lipinski definition) is 0. The predicted molar refractivity (Wildman–Crippen MR) is 241 cm³/mol. The summed E-state index contributed by atoms with van der Waals surface area (Å²) >= 11 is 3.80. The quantitative estimate of drug-likeness (QED) is 0.168. The van der Waals surface area contributed by atoms with Crippen LogP contribution in [0.5, 0.6) is 0 Å². The van der Waals surface area contributed by atoms with Crippen molar-refractivity contribution in [3.63, 3.8) is 0 Å². The van der Waals surface area contributed by atoms with Crippen LogP contribution in [0.4, 0.5) is 0 Å². The third-order valence-electron chi connectivity index (χ3n) is 11.7. The lowest BCUT2D eigenvalue weighted by molar-refractivity contribution is 0.663. The molecule has 0 fully saturated rings. The highest BCUT2D eigenvalue weighted by molar-refractivity contribution is 7.26. The van der Waals surface area contributed by atoms with Crippen LogP contribution in [0.25, 0.3) is 128 Å². The molecule has 9 aromatic carbocycles. The normalized spacial score (nSPS) is 12.3. The summed E-state index contributed by atoms with van der Waals surface area (Å²) in [4.78, 5) is 1.29. The number of thiophene rings is 2. The highest BCUT2D eigenvalue weighted by Crippen LogP contribution is 2.53. The first-order valence-electron chi connectivity index (χ1n) is 18.9. The zero-order valence-corrected chi connectivity index (χ0v) is 31.4. The fourth-order valence-corrected chi connectivity index (χ4v) is 11.8. The van der Waals surface area contributed by atoms with Gasteiger partial charge in [-0.25, -0.2) is 0 Å². The van der Waals surface area contributed by atoms with Crippen LogP contribution in [-0.2, 0) is 0 Å². The Morgan fingerprint density at radius 2 is 0.929 bits per heavy atom. The minimum Gasteiger partial charge on any atom is -0.456 e. The van der Waals surface area contributed by atoms with Crippen molar-refractivity contribution in [3.8, 4) is 32.7 Å². The molecule has 0 unspecified atom stereocenters. The fourth-order valence-electron chi connectivity index (χ4n) is 9.31.